The van der Waals surface area contributed by atoms with E-state index in [1.165, 1.54) is 0 Å². The summed E-state index contributed by atoms with van der Waals surface area (Å²) < 4.78 is 0. The highest BCUT2D eigenvalue weighted by molar-refractivity contribution is 6.28. The number of rotatable bonds is 0. The Bertz CT molecular complexity index is 417. The molecule has 0 unspecified atom stereocenters. The third-order valence-electron chi connectivity index (χ3n) is 2.53. The summed E-state index contributed by atoms with van der Waals surface area (Å²) in [6.45, 7) is 3.67. The third kappa shape index (κ3) is 1.04. The third-order valence-corrected chi connectivity index (χ3v) is 2.71. The number of carbonyl (C=O) groups excluding carboxylic acids is 1. The molecule has 0 atom stereocenters. The van der Waals surface area contributed by atoms with Crippen LogP contribution in [-0.2, 0) is 10.2 Å². The van der Waals surface area contributed by atoms with E-state index in [1.54, 1.807) is 18.1 Å². The highest BCUT2D eigenvalue weighted by atomic mass is 35.5. The first-order valence-corrected chi connectivity index (χ1v) is 4.63. The molecule has 0 N–H and O–H groups in total. The standard InChI is InChI=1S/C9H10ClN3O/c1-9(2)6-5(13(3)7(9)14)4-11-8(10)12-6/h4H,1-3H3. The normalized spacial score (nSPS) is 18.6. The molecular weight excluding hydrogens is 202 g/mol. The highest BCUT2D eigenvalue weighted by Crippen LogP contribution is 2.38. The van der Waals surface area contributed by atoms with E-state index in [-0.39, 0.29) is 11.2 Å². The second-order valence-corrected chi connectivity index (χ2v) is 4.20. The van der Waals surface area contributed by atoms with Crippen molar-refractivity contribution in [2.45, 2.75) is 19.3 Å². The monoisotopic (exact) mass is 211 g/mol. The summed E-state index contributed by atoms with van der Waals surface area (Å²) in [6, 6.07) is 0. The van der Waals surface area contributed by atoms with Gasteiger partial charge in [0.15, 0.2) is 0 Å². The smallest absolute Gasteiger partial charge is 0.238 e. The van der Waals surface area contributed by atoms with Gasteiger partial charge >= 0.3 is 0 Å². The largest absolute Gasteiger partial charge is 0.312 e. The molecule has 0 aromatic carbocycles. The number of hydrogen-bond acceptors (Lipinski definition) is 3. The minimum absolute atomic E-state index is 0.0177. The number of nitrogens with zero attached hydrogens (tertiary/aromatic N) is 3. The Balaban J connectivity index is 2.69. The average molecular weight is 212 g/mol. The van der Waals surface area contributed by atoms with Gasteiger partial charge < -0.3 is 4.90 Å². The van der Waals surface area contributed by atoms with Crippen LogP contribution >= 0.6 is 11.6 Å². The van der Waals surface area contributed by atoms with E-state index in [4.69, 9.17) is 11.6 Å². The van der Waals surface area contributed by atoms with Crippen LogP contribution in [0.5, 0.6) is 0 Å². The van der Waals surface area contributed by atoms with Crippen molar-refractivity contribution >= 4 is 23.2 Å². The van der Waals surface area contributed by atoms with E-state index in [9.17, 15) is 4.79 Å². The predicted molar refractivity (Wildman–Crippen MR) is 53.5 cm³/mol. The van der Waals surface area contributed by atoms with Gasteiger partial charge in [-0.25, -0.2) is 9.97 Å². The Kier molecular flexibility index (Phi) is 1.79. The van der Waals surface area contributed by atoms with Gasteiger partial charge in [0.05, 0.1) is 23.0 Å². The summed E-state index contributed by atoms with van der Waals surface area (Å²) in [7, 11) is 1.72. The Morgan fingerprint density at radius 3 is 2.79 bits per heavy atom. The zero-order valence-corrected chi connectivity index (χ0v) is 8.96. The summed E-state index contributed by atoms with van der Waals surface area (Å²) in [5, 5.41) is 0.180. The molecule has 0 aliphatic carbocycles. The van der Waals surface area contributed by atoms with Crippen molar-refractivity contribution in [1.82, 2.24) is 9.97 Å². The van der Waals surface area contributed by atoms with Crippen LogP contribution in [0.2, 0.25) is 5.28 Å². The maximum atomic E-state index is 11.8. The van der Waals surface area contributed by atoms with Crippen molar-refractivity contribution in [3.63, 3.8) is 0 Å². The van der Waals surface area contributed by atoms with Gasteiger partial charge in [0.25, 0.3) is 0 Å². The minimum Gasteiger partial charge on any atom is -0.312 e. The number of hydrogen-bond donors (Lipinski definition) is 0. The fraction of sp³-hybridized carbons (Fsp3) is 0.444. The number of fused-ring (bicyclic) bond motifs is 1. The van der Waals surface area contributed by atoms with E-state index in [2.05, 4.69) is 9.97 Å². The van der Waals surface area contributed by atoms with Crippen LogP contribution in [0.4, 0.5) is 5.69 Å². The number of halogens is 1. The van der Waals surface area contributed by atoms with E-state index in [0.717, 1.165) is 5.69 Å². The lowest BCUT2D eigenvalue weighted by Gasteiger charge is -2.15. The van der Waals surface area contributed by atoms with E-state index in [1.807, 2.05) is 13.8 Å². The number of amides is 1. The van der Waals surface area contributed by atoms with Crippen LogP contribution in [-0.4, -0.2) is 22.9 Å². The predicted octanol–water partition coefficient (Wildman–Crippen LogP) is 1.38. The van der Waals surface area contributed by atoms with E-state index >= 15 is 0 Å². The molecule has 1 aliphatic rings. The Labute approximate surface area is 86.9 Å². The summed E-state index contributed by atoms with van der Waals surface area (Å²) in [6.07, 6.45) is 1.58. The first-order valence-electron chi connectivity index (χ1n) is 4.26. The molecule has 0 radical (unpaired) electrons. The molecule has 0 saturated heterocycles. The van der Waals surface area contributed by atoms with Crippen LogP contribution in [0.1, 0.15) is 19.5 Å². The fourth-order valence-corrected chi connectivity index (χ4v) is 1.82. The molecule has 2 rings (SSSR count). The molecule has 2 heterocycles. The molecule has 5 heteroatoms. The van der Waals surface area contributed by atoms with Crippen LogP contribution in [0.15, 0.2) is 6.20 Å². The van der Waals surface area contributed by atoms with Crippen LogP contribution in [0.25, 0.3) is 0 Å². The summed E-state index contributed by atoms with van der Waals surface area (Å²) in [5.74, 6) is 0.0177. The van der Waals surface area contributed by atoms with Crippen molar-refractivity contribution in [2.75, 3.05) is 11.9 Å². The number of anilines is 1. The van der Waals surface area contributed by atoms with Gasteiger partial charge in [-0.05, 0) is 25.4 Å². The molecule has 0 saturated carbocycles. The van der Waals surface area contributed by atoms with Gasteiger partial charge in [0.1, 0.15) is 0 Å². The van der Waals surface area contributed by atoms with Gasteiger partial charge in [-0.1, -0.05) is 0 Å². The molecule has 0 bridgehead atoms. The molecule has 1 aliphatic heterocycles. The number of carbonyl (C=O) groups is 1. The molecular formula is C9H10ClN3O. The van der Waals surface area contributed by atoms with Gasteiger partial charge in [-0.2, -0.15) is 0 Å². The fourth-order valence-electron chi connectivity index (χ4n) is 1.69. The van der Waals surface area contributed by atoms with Crippen molar-refractivity contribution < 1.29 is 4.79 Å². The van der Waals surface area contributed by atoms with Gasteiger partial charge in [0.2, 0.25) is 11.2 Å². The minimum atomic E-state index is -0.601. The second-order valence-electron chi connectivity index (χ2n) is 3.86. The van der Waals surface area contributed by atoms with E-state index < -0.39 is 5.41 Å². The van der Waals surface area contributed by atoms with Crippen molar-refractivity contribution in [3.8, 4) is 0 Å². The molecule has 1 aromatic heterocycles. The van der Waals surface area contributed by atoms with Gasteiger partial charge in [0, 0.05) is 7.05 Å². The maximum Gasteiger partial charge on any atom is 0.238 e. The lowest BCUT2D eigenvalue weighted by Crippen LogP contribution is -2.33. The molecule has 0 spiro atoms. The lowest BCUT2D eigenvalue weighted by atomic mass is 9.91. The molecule has 0 fully saturated rings. The summed E-state index contributed by atoms with van der Waals surface area (Å²) >= 11 is 5.69. The molecule has 1 amide bonds. The van der Waals surface area contributed by atoms with E-state index in [0.29, 0.717) is 5.69 Å². The zero-order chi connectivity index (χ0) is 10.5. The lowest BCUT2D eigenvalue weighted by molar-refractivity contribution is -0.121. The second kappa shape index (κ2) is 2.67. The summed E-state index contributed by atoms with van der Waals surface area (Å²) in [4.78, 5) is 21.3. The Morgan fingerprint density at radius 1 is 1.50 bits per heavy atom. The van der Waals surface area contributed by atoms with Crippen molar-refractivity contribution in [2.24, 2.45) is 0 Å². The zero-order valence-electron chi connectivity index (χ0n) is 8.21. The molecule has 74 valence electrons. The quantitative estimate of drug-likeness (QED) is 0.610. The first-order chi connectivity index (χ1) is 6.44. The van der Waals surface area contributed by atoms with Crippen LogP contribution in [0, 0.1) is 0 Å². The highest BCUT2D eigenvalue weighted by Gasteiger charge is 2.44. The topological polar surface area (TPSA) is 46.1 Å². The van der Waals surface area contributed by atoms with Crippen LogP contribution in [0.3, 0.4) is 0 Å². The van der Waals surface area contributed by atoms with Crippen LogP contribution < -0.4 is 4.90 Å². The Morgan fingerprint density at radius 2 is 2.14 bits per heavy atom. The van der Waals surface area contributed by atoms with Crippen molar-refractivity contribution in [1.29, 1.82) is 0 Å². The maximum absolute atomic E-state index is 11.8. The number of likely N-dealkylation sites (N-methyl/N-ethyl adjacent to an activating group) is 1. The average Bonchev–Trinajstić information content (AvgIpc) is 2.29. The van der Waals surface area contributed by atoms with Gasteiger partial charge in [-0.3, -0.25) is 4.79 Å². The first kappa shape index (κ1) is 9.40. The molecule has 4 nitrogen and oxygen atoms in total. The molecule has 1 aromatic rings. The Hall–Kier alpha value is -1.16. The summed E-state index contributed by atoms with van der Waals surface area (Å²) in [5.41, 5.74) is 0.839. The molecule has 14 heavy (non-hydrogen) atoms. The SMILES string of the molecule is CN1C(=O)C(C)(C)c2nc(Cl)ncc21. The van der Waals surface area contributed by atoms with Crippen molar-refractivity contribution in [3.05, 3.63) is 17.2 Å². The number of aromatic nitrogens is 2. The van der Waals surface area contributed by atoms with Gasteiger partial charge in [-0.15, -0.1) is 0 Å².